The fourth-order valence-corrected chi connectivity index (χ4v) is 3.47. The molecule has 2 N–H and O–H groups in total. The van der Waals surface area contributed by atoms with E-state index in [1.807, 2.05) is 0 Å². The number of hydrogen-bond acceptors (Lipinski definition) is 4. The lowest BCUT2D eigenvalue weighted by atomic mass is 9.96. The predicted molar refractivity (Wildman–Crippen MR) is 93.4 cm³/mol. The van der Waals surface area contributed by atoms with Gasteiger partial charge in [-0.05, 0) is 37.8 Å². The molecular weight excluding hydrogens is 359 g/mol. The second-order valence-electron chi connectivity index (χ2n) is 7.11. The van der Waals surface area contributed by atoms with Crippen LogP contribution in [0.3, 0.4) is 0 Å². The standard InChI is InChI=1S/C18H20F3N5O/c19-18(20,21)13-4-1-7-22-15(13)26-8-2-3-12(10-26)16(27)25-17-23-9-14(24-17)11-5-6-11/h1,4,7,9,11-12H,2-3,5-6,8,10H2,(H2,23,24,25,27). The summed E-state index contributed by atoms with van der Waals surface area (Å²) in [6.45, 7) is 0.637. The van der Waals surface area contributed by atoms with Crippen molar-refractivity contribution in [2.45, 2.75) is 37.8 Å². The van der Waals surface area contributed by atoms with Crippen molar-refractivity contribution >= 4 is 17.7 Å². The number of nitrogens with one attached hydrogen (secondary N) is 2. The number of carbonyl (C=O) groups excluding carboxylic acids is 1. The fraction of sp³-hybridized carbons (Fsp3) is 0.500. The molecule has 1 aliphatic heterocycles. The Morgan fingerprint density at radius 3 is 2.81 bits per heavy atom. The van der Waals surface area contributed by atoms with Crippen molar-refractivity contribution < 1.29 is 18.0 Å². The summed E-state index contributed by atoms with van der Waals surface area (Å²) in [5, 5.41) is 2.76. The molecule has 0 radical (unpaired) electrons. The van der Waals surface area contributed by atoms with Crippen molar-refractivity contribution in [3.8, 4) is 0 Å². The number of piperidine rings is 1. The highest BCUT2D eigenvalue weighted by Crippen LogP contribution is 2.39. The summed E-state index contributed by atoms with van der Waals surface area (Å²) in [4.78, 5) is 25.3. The third kappa shape index (κ3) is 3.91. The molecule has 0 spiro atoms. The van der Waals surface area contributed by atoms with Gasteiger partial charge in [0.2, 0.25) is 11.9 Å². The van der Waals surface area contributed by atoms with Crippen molar-refractivity contribution in [3.05, 3.63) is 35.8 Å². The van der Waals surface area contributed by atoms with Gasteiger partial charge in [0, 0.05) is 30.9 Å². The number of amides is 1. The first kappa shape index (κ1) is 17.8. The lowest BCUT2D eigenvalue weighted by Gasteiger charge is -2.34. The summed E-state index contributed by atoms with van der Waals surface area (Å²) in [5.74, 6) is 0.125. The molecule has 1 amide bonds. The van der Waals surface area contributed by atoms with E-state index in [0.29, 0.717) is 31.3 Å². The molecule has 4 rings (SSSR count). The number of nitrogens with zero attached hydrogens (tertiary/aromatic N) is 3. The second kappa shape index (κ2) is 6.86. The Morgan fingerprint density at radius 1 is 1.26 bits per heavy atom. The molecule has 1 saturated carbocycles. The van der Waals surface area contributed by atoms with Gasteiger partial charge in [0.25, 0.3) is 0 Å². The zero-order valence-corrected chi connectivity index (χ0v) is 14.6. The largest absolute Gasteiger partial charge is 0.419 e. The maximum absolute atomic E-state index is 13.3. The molecule has 1 aliphatic carbocycles. The third-order valence-corrected chi connectivity index (χ3v) is 5.04. The third-order valence-electron chi connectivity index (χ3n) is 5.04. The highest BCUT2D eigenvalue weighted by Gasteiger charge is 2.37. The van der Waals surface area contributed by atoms with Crippen LogP contribution in [0.25, 0.3) is 0 Å². The summed E-state index contributed by atoms with van der Waals surface area (Å²) in [6, 6.07) is 2.29. The van der Waals surface area contributed by atoms with Gasteiger partial charge >= 0.3 is 6.18 Å². The van der Waals surface area contributed by atoms with Crippen molar-refractivity contribution in [2.75, 3.05) is 23.3 Å². The minimum absolute atomic E-state index is 0.114. The quantitative estimate of drug-likeness (QED) is 0.852. The molecule has 27 heavy (non-hydrogen) atoms. The van der Waals surface area contributed by atoms with Gasteiger partial charge in [0.05, 0.1) is 17.7 Å². The van der Waals surface area contributed by atoms with Crippen molar-refractivity contribution in [1.82, 2.24) is 15.0 Å². The zero-order valence-electron chi connectivity index (χ0n) is 14.6. The smallest absolute Gasteiger partial charge is 0.355 e. The minimum atomic E-state index is -4.48. The first-order chi connectivity index (χ1) is 12.9. The lowest BCUT2D eigenvalue weighted by molar-refractivity contribution is -0.137. The van der Waals surface area contributed by atoms with Gasteiger partial charge in [0.1, 0.15) is 5.82 Å². The summed E-state index contributed by atoms with van der Waals surface area (Å²) in [7, 11) is 0. The summed E-state index contributed by atoms with van der Waals surface area (Å²) in [5.41, 5.74) is 0.241. The summed E-state index contributed by atoms with van der Waals surface area (Å²) >= 11 is 0. The number of aromatic amines is 1. The van der Waals surface area contributed by atoms with Crippen LogP contribution in [0.1, 0.15) is 42.9 Å². The molecule has 3 heterocycles. The Hall–Kier alpha value is -2.58. The number of H-pyrrole nitrogens is 1. The number of imidazole rings is 1. The molecule has 0 aromatic carbocycles. The van der Waals surface area contributed by atoms with Crippen LogP contribution in [-0.2, 0) is 11.0 Å². The Kier molecular flexibility index (Phi) is 4.53. The van der Waals surface area contributed by atoms with Gasteiger partial charge in [-0.15, -0.1) is 0 Å². The molecule has 9 heteroatoms. The van der Waals surface area contributed by atoms with E-state index in [0.717, 1.165) is 24.6 Å². The van der Waals surface area contributed by atoms with Crippen LogP contribution in [0.2, 0.25) is 0 Å². The molecule has 0 bridgehead atoms. The van der Waals surface area contributed by atoms with Gasteiger partial charge in [0.15, 0.2) is 0 Å². The van der Waals surface area contributed by atoms with Crippen molar-refractivity contribution in [3.63, 3.8) is 0 Å². The molecule has 1 unspecified atom stereocenters. The van der Waals surface area contributed by atoms with Crippen LogP contribution in [-0.4, -0.2) is 33.9 Å². The highest BCUT2D eigenvalue weighted by atomic mass is 19.4. The summed E-state index contributed by atoms with van der Waals surface area (Å²) < 4.78 is 39.8. The van der Waals surface area contributed by atoms with E-state index in [2.05, 4.69) is 20.3 Å². The van der Waals surface area contributed by atoms with Crippen molar-refractivity contribution in [1.29, 1.82) is 0 Å². The van der Waals surface area contributed by atoms with E-state index in [9.17, 15) is 18.0 Å². The molecule has 1 saturated heterocycles. The van der Waals surface area contributed by atoms with Crippen LogP contribution in [0, 0.1) is 5.92 Å². The van der Waals surface area contributed by atoms with Crippen LogP contribution in [0.15, 0.2) is 24.5 Å². The lowest BCUT2D eigenvalue weighted by Crippen LogP contribution is -2.42. The van der Waals surface area contributed by atoms with Crippen LogP contribution in [0.5, 0.6) is 0 Å². The van der Waals surface area contributed by atoms with E-state index in [1.54, 1.807) is 11.1 Å². The molecule has 2 fully saturated rings. The molecule has 1 atom stereocenters. The van der Waals surface area contributed by atoms with Gasteiger partial charge in [-0.25, -0.2) is 9.97 Å². The maximum Gasteiger partial charge on any atom is 0.419 e. The van der Waals surface area contributed by atoms with E-state index < -0.39 is 17.7 Å². The van der Waals surface area contributed by atoms with E-state index in [1.165, 1.54) is 12.3 Å². The number of pyridine rings is 1. The number of hydrogen-bond donors (Lipinski definition) is 2. The first-order valence-electron chi connectivity index (χ1n) is 9.05. The Balaban J connectivity index is 1.45. The Labute approximate surface area is 154 Å². The number of carbonyl (C=O) groups is 1. The molecular formula is C18H20F3N5O. The fourth-order valence-electron chi connectivity index (χ4n) is 3.47. The predicted octanol–water partition coefficient (Wildman–Crippen LogP) is 3.56. The molecule has 2 aliphatic rings. The average molecular weight is 379 g/mol. The topological polar surface area (TPSA) is 73.9 Å². The van der Waals surface area contributed by atoms with Crippen molar-refractivity contribution in [2.24, 2.45) is 5.92 Å². The van der Waals surface area contributed by atoms with Gasteiger partial charge < -0.3 is 9.88 Å². The Bertz CT molecular complexity index is 830. The van der Waals surface area contributed by atoms with Crippen LogP contribution in [0.4, 0.5) is 24.9 Å². The monoisotopic (exact) mass is 379 g/mol. The van der Waals surface area contributed by atoms with Gasteiger partial charge in [-0.3, -0.25) is 10.1 Å². The molecule has 2 aromatic heterocycles. The highest BCUT2D eigenvalue weighted by molar-refractivity contribution is 5.91. The van der Waals surface area contributed by atoms with E-state index in [4.69, 9.17) is 0 Å². The normalized spacial score (nSPS) is 20.6. The number of alkyl halides is 3. The number of rotatable bonds is 4. The SMILES string of the molecule is O=C(Nc1ncc(C2CC2)[nH]1)C1CCCN(c2ncccc2C(F)(F)F)C1. The summed E-state index contributed by atoms with van der Waals surface area (Å²) in [6.07, 6.45) is 2.08. The molecule has 144 valence electrons. The number of anilines is 2. The van der Waals surface area contributed by atoms with E-state index >= 15 is 0 Å². The van der Waals surface area contributed by atoms with Crippen LogP contribution >= 0.6 is 0 Å². The second-order valence-corrected chi connectivity index (χ2v) is 7.11. The number of halogens is 3. The molecule has 6 nitrogen and oxygen atoms in total. The van der Waals surface area contributed by atoms with Gasteiger partial charge in [-0.2, -0.15) is 13.2 Å². The maximum atomic E-state index is 13.3. The minimum Gasteiger partial charge on any atom is -0.355 e. The molecule has 2 aromatic rings. The zero-order chi connectivity index (χ0) is 19.0. The number of aromatic nitrogens is 3. The average Bonchev–Trinajstić information content (AvgIpc) is 3.41. The Morgan fingerprint density at radius 2 is 2.07 bits per heavy atom. The van der Waals surface area contributed by atoms with E-state index in [-0.39, 0.29) is 18.3 Å². The van der Waals surface area contributed by atoms with Gasteiger partial charge in [-0.1, -0.05) is 0 Å². The first-order valence-corrected chi connectivity index (χ1v) is 9.05. The van der Waals surface area contributed by atoms with Crippen LogP contribution < -0.4 is 10.2 Å².